The first-order chi connectivity index (χ1) is 13.2. The van der Waals surface area contributed by atoms with Gasteiger partial charge in [-0.2, -0.15) is 0 Å². The fourth-order valence-electron chi connectivity index (χ4n) is 5.66. The van der Waals surface area contributed by atoms with Crippen molar-refractivity contribution >= 4 is 18.3 Å². The van der Waals surface area contributed by atoms with E-state index in [0.29, 0.717) is 31.6 Å². The Labute approximate surface area is 171 Å². The van der Waals surface area contributed by atoms with Crippen molar-refractivity contribution in [3.8, 4) is 11.5 Å². The lowest BCUT2D eigenvalue weighted by Crippen LogP contribution is -2.50. The van der Waals surface area contributed by atoms with E-state index in [1.165, 1.54) is 12.0 Å². The molecule has 2 aliphatic carbocycles. The maximum absolute atomic E-state index is 13.0. The topological polar surface area (TPSA) is 82.8 Å². The summed E-state index contributed by atoms with van der Waals surface area (Å²) in [6.45, 7) is 2.30. The van der Waals surface area contributed by atoms with E-state index in [9.17, 15) is 4.79 Å². The molecule has 4 aliphatic rings. The first kappa shape index (κ1) is 19.8. The monoisotopic (exact) mass is 408 g/mol. The van der Waals surface area contributed by atoms with Crippen molar-refractivity contribution in [2.45, 2.75) is 43.6 Å². The van der Waals surface area contributed by atoms with Crippen LogP contribution in [0, 0.1) is 17.8 Å². The van der Waals surface area contributed by atoms with Crippen LogP contribution in [0.15, 0.2) is 18.2 Å². The van der Waals surface area contributed by atoms with E-state index in [1.807, 2.05) is 6.07 Å². The van der Waals surface area contributed by atoms with Crippen LogP contribution in [0.1, 0.15) is 37.7 Å². The Bertz CT molecular complexity index is 735. The van der Waals surface area contributed by atoms with Gasteiger partial charge in [0.15, 0.2) is 11.5 Å². The lowest BCUT2D eigenvalue weighted by molar-refractivity contribution is -0.127. The number of fused-ring (bicyclic) bond motifs is 3. The van der Waals surface area contributed by atoms with Crippen LogP contribution in [0.3, 0.4) is 0 Å². The minimum Gasteiger partial charge on any atom is -0.454 e. The maximum atomic E-state index is 13.0. The van der Waals surface area contributed by atoms with Gasteiger partial charge in [-0.3, -0.25) is 4.79 Å². The first-order valence-corrected chi connectivity index (χ1v) is 10.2. The molecule has 28 heavy (non-hydrogen) atoms. The Morgan fingerprint density at radius 2 is 1.89 bits per heavy atom. The second-order valence-corrected chi connectivity index (χ2v) is 8.61. The normalized spacial score (nSPS) is 32.0. The van der Waals surface area contributed by atoms with Gasteiger partial charge in [0, 0.05) is 31.2 Å². The van der Waals surface area contributed by atoms with E-state index >= 15 is 0 Å². The molecule has 0 aromatic heterocycles. The number of rotatable bonds is 4. The van der Waals surface area contributed by atoms with Crippen LogP contribution in [0.5, 0.6) is 11.5 Å². The van der Waals surface area contributed by atoms with E-state index in [0.717, 1.165) is 37.2 Å². The van der Waals surface area contributed by atoms with Crippen LogP contribution in [0.25, 0.3) is 0 Å². The summed E-state index contributed by atoms with van der Waals surface area (Å²) in [7, 11) is 0. The van der Waals surface area contributed by atoms with Gasteiger partial charge in [-0.15, -0.1) is 12.4 Å². The largest absolute Gasteiger partial charge is 0.454 e. The van der Waals surface area contributed by atoms with Gasteiger partial charge in [0.25, 0.3) is 0 Å². The zero-order valence-corrected chi connectivity index (χ0v) is 16.8. The van der Waals surface area contributed by atoms with E-state index in [4.69, 9.17) is 19.9 Å². The molecule has 7 heteroatoms. The number of carbonyl (C=O) groups excluding carboxylic acids is 1. The molecule has 0 radical (unpaired) electrons. The molecule has 0 spiro atoms. The third-order valence-electron chi connectivity index (χ3n) is 7.32. The quantitative estimate of drug-likeness (QED) is 0.799. The first-order valence-electron chi connectivity index (χ1n) is 10.2. The number of hydrogen-bond donors (Lipinski definition) is 2. The molecule has 3 N–H and O–H groups in total. The van der Waals surface area contributed by atoms with Crippen molar-refractivity contribution in [1.29, 1.82) is 0 Å². The molecular formula is C21H29ClN2O4. The number of nitrogens with one attached hydrogen (secondary N) is 1. The molecule has 6 nitrogen and oxygen atoms in total. The molecule has 154 valence electrons. The number of benzene rings is 1. The number of halogens is 1. The molecule has 2 heterocycles. The Balaban J connectivity index is 0.00000192. The predicted octanol–water partition coefficient (Wildman–Crippen LogP) is 2.37. The molecule has 2 aliphatic heterocycles. The Kier molecular flexibility index (Phi) is 5.47. The van der Waals surface area contributed by atoms with Crippen LogP contribution in [-0.4, -0.2) is 38.5 Å². The third kappa shape index (κ3) is 3.25. The molecule has 1 saturated heterocycles. The Morgan fingerprint density at radius 1 is 1.14 bits per heavy atom. The second kappa shape index (κ2) is 7.73. The van der Waals surface area contributed by atoms with E-state index < -0.39 is 0 Å². The fourth-order valence-corrected chi connectivity index (χ4v) is 5.66. The molecular weight excluding hydrogens is 380 g/mol. The minimum atomic E-state index is -0.128. The highest BCUT2D eigenvalue weighted by Gasteiger charge is 2.49. The zero-order valence-electron chi connectivity index (χ0n) is 16.0. The summed E-state index contributed by atoms with van der Waals surface area (Å²) in [5.41, 5.74) is 7.43. The number of hydrogen-bond acceptors (Lipinski definition) is 5. The highest BCUT2D eigenvalue weighted by molar-refractivity contribution is 5.85. The average Bonchev–Trinajstić information content (AvgIpc) is 3.42. The summed E-state index contributed by atoms with van der Waals surface area (Å²) in [4.78, 5) is 13.0. The minimum absolute atomic E-state index is 0. The van der Waals surface area contributed by atoms with E-state index in [2.05, 4.69) is 17.4 Å². The van der Waals surface area contributed by atoms with Crippen LogP contribution in [-0.2, 0) is 14.9 Å². The Morgan fingerprint density at radius 3 is 2.64 bits per heavy atom. The van der Waals surface area contributed by atoms with Crippen molar-refractivity contribution in [1.82, 2.24) is 5.32 Å². The summed E-state index contributed by atoms with van der Waals surface area (Å²) >= 11 is 0. The summed E-state index contributed by atoms with van der Waals surface area (Å²) in [6, 6.07) is 6.18. The summed E-state index contributed by atoms with van der Waals surface area (Å²) in [5, 5.41) is 3.27. The molecule has 5 rings (SSSR count). The molecule has 1 aromatic rings. The summed E-state index contributed by atoms with van der Waals surface area (Å²) in [6.07, 6.45) is 5.23. The van der Waals surface area contributed by atoms with Gasteiger partial charge < -0.3 is 25.3 Å². The molecule has 2 saturated carbocycles. The third-order valence-corrected chi connectivity index (χ3v) is 7.32. The van der Waals surface area contributed by atoms with Gasteiger partial charge in [-0.1, -0.05) is 6.07 Å². The van der Waals surface area contributed by atoms with Gasteiger partial charge in [0.2, 0.25) is 12.7 Å². The van der Waals surface area contributed by atoms with Crippen molar-refractivity contribution in [2.24, 2.45) is 23.5 Å². The lowest BCUT2D eigenvalue weighted by atomic mass is 9.73. The van der Waals surface area contributed by atoms with Gasteiger partial charge >= 0.3 is 0 Å². The van der Waals surface area contributed by atoms with Gasteiger partial charge in [0.1, 0.15) is 0 Å². The molecule has 3 fully saturated rings. The van der Waals surface area contributed by atoms with Gasteiger partial charge in [0.05, 0.1) is 5.92 Å². The number of nitrogens with two attached hydrogens (primary N) is 1. The highest BCUT2D eigenvalue weighted by atomic mass is 35.5. The van der Waals surface area contributed by atoms with Crippen molar-refractivity contribution in [2.75, 3.05) is 26.6 Å². The van der Waals surface area contributed by atoms with Crippen LogP contribution < -0.4 is 20.5 Å². The SMILES string of the molecule is Cl.NC1C2CCC(C2)C1C(=O)NCC1(c2ccc3c(c2)OCO3)CCOCC1. The molecule has 1 amide bonds. The molecule has 1 aromatic carbocycles. The molecule has 4 atom stereocenters. The fraction of sp³-hybridized carbons (Fsp3) is 0.667. The maximum Gasteiger partial charge on any atom is 0.231 e. The molecule has 2 bridgehead atoms. The van der Waals surface area contributed by atoms with Crippen molar-refractivity contribution < 1.29 is 19.0 Å². The highest BCUT2D eigenvalue weighted by Crippen LogP contribution is 2.48. The van der Waals surface area contributed by atoms with Crippen LogP contribution >= 0.6 is 12.4 Å². The number of ether oxygens (including phenoxy) is 3. The van der Waals surface area contributed by atoms with Crippen molar-refractivity contribution in [3.05, 3.63) is 23.8 Å². The second-order valence-electron chi connectivity index (χ2n) is 8.61. The zero-order chi connectivity index (χ0) is 18.4. The summed E-state index contributed by atoms with van der Waals surface area (Å²) < 4.78 is 16.6. The number of amides is 1. The smallest absolute Gasteiger partial charge is 0.231 e. The standard InChI is InChI=1S/C21H28N2O4.ClH/c22-19-14-2-1-13(9-14)18(19)20(24)23-11-21(5-7-25-8-6-21)15-3-4-16-17(10-15)27-12-26-16;/h3-4,10,13-14,18-19H,1-2,5-9,11-12,22H2,(H,23,24);1H. The predicted molar refractivity (Wildman–Crippen MR) is 107 cm³/mol. The lowest BCUT2D eigenvalue weighted by Gasteiger charge is -2.38. The summed E-state index contributed by atoms with van der Waals surface area (Å²) in [5.74, 6) is 2.72. The van der Waals surface area contributed by atoms with E-state index in [-0.39, 0.29) is 42.5 Å². The van der Waals surface area contributed by atoms with E-state index in [1.54, 1.807) is 0 Å². The van der Waals surface area contributed by atoms with Gasteiger partial charge in [-0.25, -0.2) is 0 Å². The Hall–Kier alpha value is -1.50. The van der Waals surface area contributed by atoms with Crippen LogP contribution in [0.4, 0.5) is 0 Å². The van der Waals surface area contributed by atoms with Gasteiger partial charge in [-0.05, 0) is 61.6 Å². The average molecular weight is 409 g/mol. The van der Waals surface area contributed by atoms with Crippen LogP contribution in [0.2, 0.25) is 0 Å². The van der Waals surface area contributed by atoms with Crippen molar-refractivity contribution in [3.63, 3.8) is 0 Å². The molecule has 4 unspecified atom stereocenters. The number of carbonyl (C=O) groups is 1.